The van der Waals surface area contributed by atoms with E-state index in [0.29, 0.717) is 24.5 Å². The Kier molecular flexibility index (Phi) is 5.90. The highest BCUT2D eigenvalue weighted by Crippen LogP contribution is 2.31. The van der Waals surface area contributed by atoms with Crippen LogP contribution >= 0.6 is 0 Å². The van der Waals surface area contributed by atoms with E-state index in [0.717, 1.165) is 45.2 Å². The molecule has 1 aliphatic carbocycles. The van der Waals surface area contributed by atoms with Gasteiger partial charge in [0.05, 0.1) is 0 Å². The van der Waals surface area contributed by atoms with E-state index in [-0.39, 0.29) is 11.8 Å². The summed E-state index contributed by atoms with van der Waals surface area (Å²) in [7, 11) is 0. The number of hydrogen-bond acceptors (Lipinski definition) is 3. The molecule has 3 atom stereocenters. The molecule has 1 aliphatic heterocycles. The molecule has 1 aromatic carbocycles. The predicted molar refractivity (Wildman–Crippen MR) is 97.5 cm³/mol. The lowest BCUT2D eigenvalue weighted by Crippen LogP contribution is -2.47. The molecule has 0 spiro atoms. The topological polar surface area (TPSA) is 58.4 Å². The molecule has 3 rings (SSSR count). The lowest BCUT2D eigenvalue weighted by molar-refractivity contribution is -0.127. The number of amides is 1. The molecule has 4 nitrogen and oxygen atoms in total. The maximum absolute atomic E-state index is 12.5. The number of hydrogen-bond donors (Lipinski definition) is 2. The lowest BCUT2D eigenvalue weighted by Gasteiger charge is -2.37. The Morgan fingerprint density at radius 3 is 2.58 bits per heavy atom. The third kappa shape index (κ3) is 3.98. The molecule has 0 aromatic heterocycles. The van der Waals surface area contributed by atoms with E-state index in [1.807, 2.05) is 0 Å². The molecule has 1 aromatic rings. The first kappa shape index (κ1) is 17.4. The molecule has 3 N–H and O–H groups in total. The van der Waals surface area contributed by atoms with Gasteiger partial charge in [-0.15, -0.1) is 0 Å². The van der Waals surface area contributed by atoms with Gasteiger partial charge in [0.15, 0.2) is 0 Å². The first-order chi connectivity index (χ1) is 11.7. The molecule has 24 heavy (non-hydrogen) atoms. The minimum Gasteiger partial charge on any atom is -0.353 e. The van der Waals surface area contributed by atoms with Crippen LogP contribution < -0.4 is 11.1 Å². The zero-order valence-electron chi connectivity index (χ0n) is 14.8. The van der Waals surface area contributed by atoms with Crippen molar-refractivity contribution in [3.63, 3.8) is 0 Å². The fraction of sp³-hybridized carbons (Fsp3) is 0.650. The van der Waals surface area contributed by atoms with Gasteiger partial charge in [-0.1, -0.05) is 36.8 Å². The Labute approximate surface area is 145 Å². The first-order valence-electron chi connectivity index (χ1n) is 9.48. The van der Waals surface area contributed by atoms with E-state index >= 15 is 0 Å². The van der Waals surface area contributed by atoms with Gasteiger partial charge in [-0.05, 0) is 50.6 Å². The molecule has 0 radical (unpaired) electrons. The molecule has 2 aliphatic rings. The van der Waals surface area contributed by atoms with Crippen molar-refractivity contribution in [3.8, 4) is 0 Å². The van der Waals surface area contributed by atoms with Crippen LogP contribution in [-0.2, 0) is 4.79 Å². The molecule has 0 bridgehead atoms. The van der Waals surface area contributed by atoms with E-state index in [9.17, 15) is 4.79 Å². The average molecular weight is 329 g/mol. The van der Waals surface area contributed by atoms with Crippen LogP contribution in [0.2, 0.25) is 0 Å². The third-order valence-corrected chi connectivity index (χ3v) is 6.00. The summed E-state index contributed by atoms with van der Waals surface area (Å²) >= 11 is 0. The molecule has 1 saturated carbocycles. The van der Waals surface area contributed by atoms with Crippen LogP contribution in [0, 0.1) is 11.8 Å². The molecule has 1 saturated heterocycles. The maximum Gasteiger partial charge on any atom is 0.223 e. The highest BCUT2D eigenvalue weighted by atomic mass is 16.2. The van der Waals surface area contributed by atoms with Crippen molar-refractivity contribution in [1.29, 1.82) is 0 Å². The van der Waals surface area contributed by atoms with E-state index in [1.165, 1.54) is 5.56 Å². The van der Waals surface area contributed by atoms with Gasteiger partial charge in [-0.25, -0.2) is 0 Å². The van der Waals surface area contributed by atoms with Gasteiger partial charge in [0.2, 0.25) is 5.91 Å². The number of carbonyl (C=O) groups excluding carboxylic acids is 1. The minimum atomic E-state index is 0.149. The number of rotatable bonds is 5. The van der Waals surface area contributed by atoms with Gasteiger partial charge in [-0.3, -0.25) is 9.69 Å². The maximum atomic E-state index is 12.5. The standard InChI is InChI=1S/C20H31N3O/c1-15(16-6-3-2-4-7-16)23-12-10-18(11-13-23)22-20(24)19-9-5-8-17(19)14-21/h2-4,6-7,15,17-19H,5,8-14,21H2,1H3,(H,22,24)/t15?,17-,19-/m1/s1. The Morgan fingerprint density at radius 1 is 1.21 bits per heavy atom. The molecular formula is C20H31N3O. The third-order valence-electron chi connectivity index (χ3n) is 6.00. The first-order valence-corrected chi connectivity index (χ1v) is 9.48. The highest BCUT2D eigenvalue weighted by Gasteiger charge is 2.33. The Balaban J connectivity index is 1.48. The number of carbonyl (C=O) groups is 1. The minimum absolute atomic E-state index is 0.149. The number of likely N-dealkylation sites (tertiary alicyclic amines) is 1. The number of benzene rings is 1. The number of nitrogens with zero attached hydrogens (tertiary/aromatic N) is 1. The van der Waals surface area contributed by atoms with Crippen molar-refractivity contribution in [2.75, 3.05) is 19.6 Å². The molecule has 2 fully saturated rings. The second-order valence-electron chi connectivity index (χ2n) is 7.44. The van der Waals surface area contributed by atoms with Crippen LogP contribution in [0.4, 0.5) is 0 Å². The van der Waals surface area contributed by atoms with Crippen LogP contribution in [0.15, 0.2) is 30.3 Å². The number of piperidine rings is 1. The van der Waals surface area contributed by atoms with Crippen molar-refractivity contribution >= 4 is 5.91 Å². The summed E-state index contributed by atoms with van der Waals surface area (Å²) < 4.78 is 0. The van der Waals surface area contributed by atoms with E-state index in [2.05, 4.69) is 47.5 Å². The van der Waals surface area contributed by atoms with Gasteiger partial charge in [0, 0.05) is 31.1 Å². The Morgan fingerprint density at radius 2 is 1.92 bits per heavy atom. The summed E-state index contributed by atoms with van der Waals surface area (Å²) in [4.78, 5) is 15.1. The summed E-state index contributed by atoms with van der Waals surface area (Å²) in [5, 5.41) is 3.30. The zero-order valence-corrected chi connectivity index (χ0v) is 14.8. The van der Waals surface area contributed by atoms with Crippen LogP contribution in [0.25, 0.3) is 0 Å². The summed E-state index contributed by atoms with van der Waals surface area (Å²) in [5.41, 5.74) is 7.19. The van der Waals surface area contributed by atoms with Gasteiger partial charge < -0.3 is 11.1 Å². The molecule has 4 heteroatoms. The smallest absolute Gasteiger partial charge is 0.223 e. The van der Waals surface area contributed by atoms with E-state index in [4.69, 9.17) is 5.73 Å². The molecule has 1 amide bonds. The fourth-order valence-electron chi connectivity index (χ4n) is 4.35. The quantitative estimate of drug-likeness (QED) is 0.873. The summed E-state index contributed by atoms with van der Waals surface area (Å²) in [6, 6.07) is 11.4. The fourth-order valence-corrected chi connectivity index (χ4v) is 4.35. The van der Waals surface area contributed by atoms with Crippen LogP contribution in [0.5, 0.6) is 0 Å². The average Bonchev–Trinajstić information content (AvgIpc) is 3.11. The number of nitrogens with one attached hydrogen (secondary N) is 1. The summed E-state index contributed by atoms with van der Waals surface area (Å²) in [5.74, 6) is 0.789. The molecule has 132 valence electrons. The van der Waals surface area contributed by atoms with E-state index < -0.39 is 0 Å². The van der Waals surface area contributed by atoms with Crippen molar-refractivity contribution in [1.82, 2.24) is 10.2 Å². The lowest BCUT2D eigenvalue weighted by atomic mass is 9.94. The zero-order chi connectivity index (χ0) is 16.9. The normalized spacial score (nSPS) is 27.1. The summed E-state index contributed by atoms with van der Waals surface area (Å²) in [6.45, 7) is 5.02. The monoisotopic (exact) mass is 329 g/mol. The van der Waals surface area contributed by atoms with Crippen molar-refractivity contribution in [2.24, 2.45) is 17.6 Å². The SMILES string of the molecule is CC(c1ccccc1)N1CCC(NC(=O)[C@@H]2CCC[C@@H]2CN)CC1. The molecule has 1 unspecified atom stereocenters. The molecule has 1 heterocycles. The van der Waals surface area contributed by atoms with Crippen LogP contribution in [0.3, 0.4) is 0 Å². The van der Waals surface area contributed by atoms with E-state index in [1.54, 1.807) is 0 Å². The Bertz CT molecular complexity index is 525. The predicted octanol–water partition coefficient (Wildman–Crippen LogP) is 2.70. The second-order valence-corrected chi connectivity index (χ2v) is 7.44. The van der Waals surface area contributed by atoms with Crippen LogP contribution in [0.1, 0.15) is 50.6 Å². The Hall–Kier alpha value is -1.39. The van der Waals surface area contributed by atoms with Gasteiger partial charge in [-0.2, -0.15) is 0 Å². The molecular weight excluding hydrogens is 298 g/mol. The van der Waals surface area contributed by atoms with Crippen molar-refractivity contribution < 1.29 is 4.79 Å². The second kappa shape index (κ2) is 8.13. The van der Waals surface area contributed by atoms with Gasteiger partial charge >= 0.3 is 0 Å². The van der Waals surface area contributed by atoms with Crippen LogP contribution in [-0.4, -0.2) is 36.5 Å². The van der Waals surface area contributed by atoms with Gasteiger partial charge in [0.1, 0.15) is 0 Å². The largest absolute Gasteiger partial charge is 0.353 e. The number of nitrogens with two attached hydrogens (primary N) is 1. The van der Waals surface area contributed by atoms with Gasteiger partial charge in [0.25, 0.3) is 0 Å². The van der Waals surface area contributed by atoms with Crippen molar-refractivity contribution in [3.05, 3.63) is 35.9 Å². The highest BCUT2D eigenvalue weighted by molar-refractivity contribution is 5.79. The van der Waals surface area contributed by atoms with Crippen molar-refractivity contribution in [2.45, 2.75) is 51.1 Å². The summed E-state index contributed by atoms with van der Waals surface area (Å²) in [6.07, 6.45) is 5.36.